The van der Waals surface area contributed by atoms with Crippen molar-refractivity contribution in [3.63, 3.8) is 0 Å². The van der Waals surface area contributed by atoms with Crippen molar-refractivity contribution >= 4 is 16.8 Å². The van der Waals surface area contributed by atoms with Crippen LogP contribution >= 0.6 is 0 Å². The van der Waals surface area contributed by atoms with Crippen molar-refractivity contribution in [1.82, 2.24) is 14.8 Å². The van der Waals surface area contributed by atoms with Gasteiger partial charge < -0.3 is 4.90 Å². The fourth-order valence-corrected chi connectivity index (χ4v) is 4.58. The zero-order valence-corrected chi connectivity index (χ0v) is 14.3. The van der Waals surface area contributed by atoms with E-state index in [0.717, 1.165) is 38.0 Å². The van der Waals surface area contributed by atoms with Crippen molar-refractivity contribution in [3.05, 3.63) is 42.1 Å². The highest BCUT2D eigenvalue weighted by Crippen LogP contribution is 2.31. The van der Waals surface area contributed by atoms with Gasteiger partial charge in [0, 0.05) is 43.7 Å². The summed E-state index contributed by atoms with van der Waals surface area (Å²) in [5.74, 6) is 0.233. The predicted octanol–water partition coefficient (Wildman–Crippen LogP) is 3.21. The lowest BCUT2D eigenvalue weighted by molar-refractivity contribution is -0.130. The van der Waals surface area contributed by atoms with Crippen molar-refractivity contribution in [3.8, 4) is 0 Å². The summed E-state index contributed by atoms with van der Waals surface area (Å²) >= 11 is 0. The molecular formula is C20H25N3O. The lowest BCUT2D eigenvalue weighted by atomic mass is 10.0. The molecule has 4 nitrogen and oxygen atoms in total. The van der Waals surface area contributed by atoms with Crippen molar-refractivity contribution in [2.45, 2.75) is 51.2 Å². The highest BCUT2D eigenvalue weighted by atomic mass is 16.2. The molecule has 126 valence electrons. The minimum absolute atomic E-state index is 0.233. The highest BCUT2D eigenvalue weighted by molar-refractivity contribution is 5.81. The van der Waals surface area contributed by atoms with Crippen LogP contribution in [0.15, 0.2) is 36.5 Å². The first-order chi connectivity index (χ1) is 11.7. The number of carbonyl (C=O) groups excluding carboxylic acids is 1. The summed E-state index contributed by atoms with van der Waals surface area (Å²) in [4.78, 5) is 21.2. The largest absolute Gasteiger partial charge is 0.338 e. The molecule has 0 N–H and O–H groups in total. The summed E-state index contributed by atoms with van der Waals surface area (Å²) in [6, 6.07) is 11.5. The maximum absolute atomic E-state index is 12.0. The number of carbonyl (C=O) groups is 1. The van der Waals surface area contributed by atoms with Crippen molar-refractivity contribution in [2.75, 3.05) is 13.1 Å². The van der Waals surface area contributed by atoms with Gasteiger partial charge in [-0.25, -0.2) is 0 Å². The van der Waals surface area contributed by atoms with Gasteiger partial charge in [-0.05, 0) is 43.9 Å². The summed E-state index contributed by atoms with van der Waals surface area (Å²) in [6.07, 6.45) is 6.60. The predicted molar refractivity (Wildman–Crippen MR) is 95.6 cm³/mol. The molecule has 0 unspecified atom stereocenters. The molecule has 2 aliphatic rings. The van der Waals surface area contributed by atoms with Gasteiger partial charge in [0.2, 0.25) is 5.91 Å². The van der Waals surface area contributed by atoms with Crippen LogP contribution in [0.3, 0.4) is 0 Å². The molecule has 2 fully saturated rings. The van der Waals surface area contributed by atoms with Gasteiger partial charge in [0.15, 0.2) is 0 Å². The quantitative estimate of drug-likeness (QED) is 0.870. The molecule has 0 bridgehead atoms. The van der Waals surface area contributed by atoms with Crippen molar-refractivity contribution < 1.29 is 4.79 Å². The molecule has 0 radical (unpaired) electrons. The lowest BCUT2D eigenvalue weighted by Crippen LogP contribution is -2.47. The van der Waals surface area contributed by atoms with Gasteiger partial charge in [-0.2, -0.15) is 0 Å². The number of pyridine rings is 1. The summed E-state index contributed by atoms with van der Waals surface area (Å²) in [5, 5.41) is 1.21. The Labute approximate surface area is 143 Å². The Balaban J connectivity index is 1.58. The minimum Gasteiger partial charge on any atom is -0.338 e. The SMILES string of the molecule is CC(=O)N1CCC[C@@H]1[C@H]1CCCN1Cc1cccc2cccnc12. The number of rotatable bonds is 3. The van der Waals surface area contributed by atoms with Crippen LogP contribution in [0.2, 0.25) is 0 Å². The Morgan fingerprint density at radius 1 is 1.12 bits per heavy atom. The third-order valence-corrected chi connectivity index (χ3v) is 5.65. The fourth-order valence-electron chi connectivity index (χ4n) is 4.58. The summed E-state index contributed by atoms with van der Waals surface area (Å²) in [6.45, 7) is 4.70. The van der Waals surface area contributed by atoms with Crippen LogP contribution in [0.5, 0.6) is 0 Å². The number of likely N-dealkylation sites (tertiary alicyclic amines) is 2. The molecule has 1 aromatic carbocycles. The third kappa shape index (κ3) is 2.80. The molecule has 24 heavy (non-hydrogen) atoms. The molecule has 0 spiro atoms. The second kappa shape index (κ2) is 6.52. The van der Waals surface area contributed by atoms with Crippen molar-refractivity contribution in [2.24, 2.45) is 0 Å². The molecule has 1 aromatic heterocycles. The number of hydrogen-bond donors (Lipinski definition) is 0. The average Bonchev–Trinajstić information content (AvgIpc) is 3.23. The molecule has 1 amide bonds. The third-order valence-electron chi connectivity index (χ3n) is 5.65. The van der Waals surface area contributed by atoms with Crippen LogP contribution in [-0.4, -0.2) is 45.9 Å². The lowest BCUT2D eigenvalue weighted by Gasteiger charge is -2.34. The second-order valence-electron chi connectivity index (χ2n) is 7.09. The summed E-state index contributed by atoms with van der Waals surface area (Å²) < 4.78 is 0. The number of amides is 1. The molecule has 2 saturated heterocycles. The average molecular weight is 323 g/mol. The summed E-state index contributed by atoms with van der Waals surface area (Å²) in [5.41, 5.74) is 2.41. The monoisotopic (exact) mass is 323 g/mol. The zero-order valence-electron chi connectivity index (χ0n) is 14.3. The first-order valence-electron chi connectivity index (χ1n) is 9.08. The van der Waals surface area contributed by atoms with E-state index in [4.69, 9.17) is 0 Å². The minimum atomic E-state index is 0.233. The topological polar surface area (TPSA) is 36.4 Å². The Hall–Kier alpha value is -1.94. The number of hydrogen-bond acceptors (Lipinski definition) is 3. The molecular weight excluding hydrogens is 298 g/mol. The number of nitrogens with zero attached hydrogens (tertiary/aromatic N) is 3. The molecule has 4 rings (SSSR count). The van der Waals surface area contributed by atoms with Gasteiger partial charge in [0.05, 0.1) is 5.52 Å². The second-order valence-corrected chi connectivity index (χ2v) is 7.09. The van der Waals surface area contributed by atoms with Gasteiger partial charge >= 0.3 is 0 Å². The molecule has 2 aromatic rings. The number of fused-ring (bicyclic) bond motifs is 1. The first kappa shape index (κ1) is 15.6. The van der Waals surface area contributed by atoms with Crippen molar-refractivity contribution in [1.29, 1.82) is 0 Å². The number of benzene rings is 1. The van der Waals surface area contributed by atoms with Gasteiger partial charge in [-0.1, -0.05) is 24.3 Å². The van der Waals surface area contributed by atoms with E-state index in [9.17, 15) is 4.79 Å². The molecule has 0 saturated carbocycles. The van der Waals surface area contributed by atoms with E-state index in [1.165, 1.54) is 23.8 Å². The van der Waals surface area contributed by atoms with Gasteiger partial charge in [0.1, 0.15) is 0 Å². The molecule has 3 heterocycles. The van der Waals surface area contributed by atoms with Gasteiger partial charge in [0.25, 0.3) is 0 Å². The number of aromatic nitrogens is 1. The Bertz CT molecular complexity index is 739. The molecule has 4 heteroatoms. The Morgan fingerprint density at radius 3 is 2.79 bits per heavy atom. The maximum atomic E-state index is 12.0. The van der Waals surface area contributed by atoms with E-state index < -0.39 is 0 Å². The van der Waals surface area contributed by atoms with E-state index in [-0.39, 0.29) is 5.91 Å². The Kier molecular flexibility index (Phi) is 4.23. The zero-order chi connectivity index (χ0) is 16.5. The fraction of sp³-hybridized carbons (Fsp3) is 0.500. The molecule has 0 aliphatic carbocycles. The van der Waals surface area contributed by atoms with E-state index in [1.54, 1.807) is 6.92 Å². The molecule has 2 atom stereocenters. The smallest absolute Gasteiger partial charge is 0.219 e. The summed E-state index contributed by atoms with van der Waals surface area (Å²) in [7, 11) is 0. The van der Waals surface area contributed by atoms with Crippen LogP contribution in [0.1, 0.15) is 38.2 Å². The van der Waals surface area contributed by atoms with E-state index >= 15 is 0 Å². The van der Waals surface area contributed by atoms with Crippen LogP contribution < -0.4 is 0 Å². The molecule has 2 aliphatic heterocycles. The normalized spacial score (nSPS) is 24.8. The number of para-hydroxylation sites is 1. The van der Waals surface area contributed by atoms with Crippen LogP contribution in [-0.2, 0) is 11.3 Å². The standard InChI is InChI=1S/C20H25N3O/c1-15(24)23-13-5-10-19(23)18-9-4-12-22(18)14-17-7-2-6-16-8-3-11-21-20(16)17/h2-3,6-8,11,18-19H,4-5,9-10,12-14H2,1H3/t18-,19-/m1/s1. The van der Waals surface area contributed by atoms with Crippen LogP contribution in [0.4, 0.5) is 0 Å². The first-order valence-corrected chi connectivity index (χ1v) is 9.08. The van der Waals surface area contributed by atoms with Crippen LogP contribution in [0, 0.1) is 0 Å². The van der Waals surface area contributed by atoms with E-state index in [0.29, 0.717) is 12.1 Å². The van der Waals surface area contributed by atoms with Gasteiger partial charge in [-0.3, -0.25) is 14.7 Å². The van der Waals surface area contributed by atoms with E-state index in [2.05, 4.69) is 39.0 Å². The maximum Gasteiger partial charge on any atom is 0.219 e. The van der Waals surface area contributed by atoms with Crippen LogP contribution in [0.25, 0.3) is 10.9 Å². The van der Waals surface area contributed by atoms with Gasteiger partial charge in [-0.15, -0.1) is 0 Å². The highest BCUT2D eigenvalue weighted by Gasteiger charge is 2.38. The van der Waals surface area contributed by atoms with E-state index in [1.807, 2.05) is 12.3 Å². The Morgan fingerprint density at radius 2 is 1.92 bits per heavy atom.